The van der Waals surface area contributed by atoms with Crippen molar-refractivity contribution in [3.05, 3.63) is 0 Å². The Morgan fingerprint density at radius 1 is 1.46 bits per heavy atom. The molecule has 0 aliphatic heterocycles. The van der Waals surface area contributed by atoms with Crippen LogP contribution in [0.3, 0.4) is 0 Å². The summed E-state index contributed by atoms with van der Waals surface area (Å²) in [4.78, 5) is 11.1. The fourth-order valence-electron chi connectivity index (χ4n) is 0.827. The average Bonchev–Trinajstić information content (AvgIpc) is 2.00. The van der Waals surface area contributed by atoms with Gasteiger partial charge in [0.2, 0.25) is 0 Å². The van der Waals surface area contributed by atoms with Gasteiger partial charge in [-0.15, -0.1) is 0 Å². The zero-order chi connectivity index (χ0) is 10.3. The Hall–Kier alpha value is -0.570. The fraction of sp³-hybridized carbons (Fsp3) is 0.900. The van der Waals surface area contributed by atoms with Gasteiger partial charge in [-0.25, -0.2) is 0 Å². The number of hydrogen-bond acceptors (Lipinski definition) is 3. The third-order valence-electron chi connectivity index (χ3n) is 1.73. The van der Waals surface area contributed by atoms with Crippen molar-refractivity contribution >= 4 is 5.97 Å². The van der Waals surface area contributed by atoms with Crippen molar-refractivity contribution in [1.29, 1.82) is 0 Å². The van der Waals surface area contributed by atoms with E-state index >= 15 is 0 Å². The van der Waals surface area contributed by atoms with Crippen molar-refractivity contribution in [2.24, 2.45) is 5.73 Å². The molecule has 0 fully saturated rings. The van der Waals surface area contributed by atoms with Gasteiger partial charge in [-0.3, -0.25) is 4.79 Å². The minimum atomic E-state index is -0.274. The van der Waals surface area contributed by atoms with Crippen molar-refractivity contribution < 1.29 is 9.53 Å². The standard InChI is InChI=1S/C10H21NO2/c1-4-5-8-13-9(12)6-7-10(2,3)11/h4-8,11H2,1-3H3. The van der Waals surface area contributed by atoms with Gasteiger partial charge in [0.25, 0.3) is 0 Å². The SMILES string of the molecule is CCCCOC(=O)CCC(C)(C)N. The van der Waals surface area contributed by atoms with Gasteiger partial charge in [0, 0.05) is 12.0 Å². The third-order valence-corrected chi connectivity index (χ3v) is 1.73. The highest BCUT2D eigenvalue weighted by molar-refractivity contribution is 5.69. The molecule has 0 radical (unpaired) electrons. The lowest BCUT2D eigenvalue weighted by Gasteiger charge is -2.17. The van der Waals surface area contributed by atoms with Crippen LogP contribution in [0.25, 0.3) is 0 Å². The van der Waals surface area contributed by atoms with Crippen LogP contribution in [0.4, 0.5) is 0 Å². The molecular formula is C10H21NO2. The number of carbonyl (C=O) groups excluding carboxylic acids is 1. The summed E-state index contributed by atoms with van der Waals surface area (Å²) in [5, 5.41) is 0. The van der Waals surface area contributed by atoms with E-state index in [0.717, 1.165) is 12.8 Å². The number of esters is 1. The summed E-state index contributed by atoms with van der Waals surface area (Å²) in [5.74, 6) is -0.132. The number of hydrogen-bond donors (Lipinski definition) is 1. The molecule has 0 atom stereocenters. The van der Waals surface area contributed by atoms with Crippen LogP contribution in [0.1, 0.15) is 46.5 Å². The third kappa shape index (κ3) is 9.34. The fourth-order valence-corrected chi connectivity index (χ4v) is 0.827. The van der Waals surface area contributed by atoms with Crippen LogP contribution in [0.5, 0.6) is 0 Å². The quantitative estimate of drug-likeness (QED) is 0.510. The summed E-state index contributed by atoms with van der Waals surface area (Å²) in [7, 11) is 0. The zero-order valence-electron chi connectivity index (χ0n) is 8.93. The number of ether oxygens (including phenoxy) is 1. The normalized spacial score (nSPS) is 11.4. The molecule has 3 heteroatoms. The van der Waals surface area contributed by atoms with Crippen molar-refractivity contribution in [2.75, 3.05) is 6.61 Å². The van der Waals surface area contributed by atoms with Crippen molar-refractivity contribution in [1.82, 2.24) is 0 Å². The molecule has 0 rings (SSSR count). The molecule has 0 saturated carbocycles. The highest BCUT2D eigenvalue weighted by atomic mass is 16.5. The molecular weight excluding hydrogens is 166 g/mol. The Morgan fingerprint density at radius 2 is 2.08 bits per heavy atom. The first kappa shape index (κ1) is 12.4. The highest BCUT2D eigenvalue weighted by Crippen LogP contribution is 2.07. The van der Waals surface area contributed by atoms with Crippen LogP contribution in [-0.4, -0.2) is 18.1 Å². The molecule has 3 nitrogen and oxygen atoms in total. The first-order chi connectivity index (χ1) is 5.95. The van der Waals surface area contributed by atoms with E-state index in [4.69, 9.17) is 10.5 Å². The molecule has 13 heavy (non-hydrogen) atoms. The molecule has 0 aliphatic carbocycles. The highest BCUT2D eigenvalue weighted by Gasteiger charge is 2.13. The maximum atomic E-state index is 11.1. The van der Waals surface area contributed by atoms with E-state index in [9.17, 15) is 4.79 Å². The van der Waals surface area contributed by atoms with Gasteiger partial charge in [0.05, 0.1) is 6.61 Å². The Bertz CT molecular complexity index is 149. The van der Waals surface area contributed by atoms with E-state index < -0.39 is 0 Å². The lowest BCUT2D eigenvalue weighted by molar-refractivity contribution is -0.144. The lowest BCUT2D eigenvalue weighted by Crippen LogP contribution is -2.32. The molecule has 0 amide bonds. The summed E-state index contributed by atoms with van der Waals surface area (Å²) in [6, 6.07) is 0. The topological polar surface area (TPSA) is 52.3 Å². The van der Waals surface area contributed by atoms with E-state index in [0.29, 0.717) is 19.4 Å². The van der Waals surface area contributed by atoms with Crippen LogP contribution in [0, 0.1) is 0 Å². The van der Waals surface area contributed by atoms with Gasteiger partial charge in [0.15, 0.2) is 0 Å². The van der Waals surface area contributed by atoms with Crippen LogP contribution < -0.4 is 5.73 Å². The van der Waals surface area contributed by atoms with Crippen LogP contribution >= 0.6 is 0 Å². The summed E-state index contributed by atoms with van der Waals surface area (Å²) in [5.41, 5.74) is 5.46. The van der Waals surface area contributed by atoms with Crippen LogP contribution in [0.2, 0.25) is 0 Å². The molecule has 0 aromatic carbocycles. The molecule has 0 aromatic heterocycles. The molecule has 2 N–H and O–H groups in total. The molecule has 78 valence electrons. The van der Waals surface area contributed by atoms with Crippen molar-refractivity contribution in [2.45, 2.75) is 52.0 Å². The maximum absolute atomic E-state index is 11.1. The molecule has 0 spiro atoms. The molecule has 0 heterocycles. The molecule has 0 aromatic rings. The second kappa shape index (κ2) is 5.97. The minimum absolute atomic E-state index is 0.132. The largest absolute Gasteiger partial charge is 0.466 e. The number of rotatable bonds is 6. The Morgan fingerprint density at radius 3 is 2.54 bits per heavy atom. The summed E-state index contributed by atoms with van der Waals surface area (Å²) in [6.07, 6.45) is 3.10. The number of unbranched alkanes of at least 4 members (excludes halogenated alkanes) is 1. The van der Waals surface area contributed by atoms with Crippen molar-refractivity contribution in [3.63, 3.8) is 0 Å². The van der Waals surface area contributed by atoms with Gasteiger partial charge in [-0.1, -0.05) is 13.3 Å². The van der Waals surface area contributed by atoms with Crippen LogP contribution in [0.15, 0.2) is 0 Å². The van der Waals surface area contributed by atoms with E-state index in [1.54, 1.807) is 0 Å². The van der Waals surface area contributed by atoms with E-state index in [2.05, 4.69) is 6.92 Å². The van der Waals surface area contributed by atoms with Gasteiger partial charge >= 0.3 is 5.97 Å². The Kier molecular flexibility index (Phi) is 5.71. The smallest absolute Gasteiger partial charge is 0.305 e. The van der Waals surface area contributed by atoms with Gasteiger partial charge in [-0.05, 0) is 26.7 Å². The minimum Gasteiger partial charge on any atom is -0.466 e. The monoisotopic (exact) mass is 187 g/mol. The first-order valence-corrected chi connectivity index (χ1v) is 4.90. The summed E-state index contributed by atoms with van der Waals surface area (Å²) < 4.78 is 4.98. The van der Waals surface area contributed by atoms with E-state index in [1.165, 1.54) is 0 Å². The summed E-state index contributed by atoms with van der Waals surface area (Å²) in [6.45, 7) is 6.43. The van der Waals surface area contributed by atoms with Crippen molar-refractivity contribution in [3.8, 4) is 0 Å². The summed E-state index contributed by atoms with van der Waals surface area (Å²) >= 11 is 0. The van der Waals surface area contributed by atoms with E-state index in [-0.39, 0.29) is 11.5 Å². The molecule has 0 unspecified atom stereocenters. The average molecular weight is 187 g/mol. The predicted octanol–water partition coefficient (Wildman–Crippen LogP) is 1.85. The number of carbonyl (C=O) groups is 1. The van der Waals surface area contributed by atoms with Gasteiger partial charge < -0.3 is 10.5 Å². The second-order valence-corrected chi connectivity index (χ2v) is 4.06. The number of nitrogens with two attached hydrogens (primary N) is 1. The van der Waals surface area contributed by atoms with Crippen LogP contribution in [-0.2, 0) is 9.53 Å². The first-order valence-electron chi connectivity index (χ1n) is 4.90. The Balaban J connectivity index is 3.41. The second-order valence-electron chi connectivity index (χ2n) is 4.06. The van der Waals surface area contributed by atoms with E-state index in [1.807, 2.05) is 13.8 Å². The van der Waals surface area contributed by atoms with Gasteiger partial charge in [-0.2, -0.15) is 0 Å². The predicted molar refractivity (Wildman–Crippen MR) is 53.4 cm³/mol. The zero-order valence-corrected chi connectivity index (χ0v) is 8.93. The Labute approximate surface area is 80.6 Å². The molecule has 0 saturated heterocycles. The lowest BCUT2D eigenvalue weighted by atomic mass is 10.0. The molecule has 0 aliphatic rings. The van der Waals surface area contributed by atoms with Gasteiger partial charge in [0.1, 0.15) is 0 Å². The maximum Gasteiger partial charge on any atom is 0.305 e. The molecule has 0 bridgehead atoms.